The molecule has 0 bridgehead atoms. The molecule has 0 radical (unpaired) electrons. The van der Waals surface area contributed by atoms with E-state index in [9.17, 15) is 0 Å². The van der Waals surface area contributed by atoms with Crippen LogP contribution in [0.15, 0.2) is 47.6 Å². The molecule has 33 heavy (non-hydrogen) atoms. The number of nitrogens with one attached hydrogen (secondary N) is 1. The maximum absolute atomic E-state index is 5.62. The summed E-state index contributed by atoms with van der Waals surface area (Å²) in [6, 6.07) is 12.5. The molecule has 9 heteroatoms. The monoisotopic (exact) mass is 566 g/mol. The van der Waals surface area contributed by atoms with Crippen LogP contribution in [-0.4, -0.2) is 82.0 Å². The van der Waals surface area contributed by atoms with Gasteiger partial charge in [-0.2, -0.15) is 0 Å². The summed E-state index contributed by atoms with van der Waals surface area (Å²) >= 11 is 0. The summed E-state index contributed by atoms with van der Waals surface area (Å²) in [6.45, 7) is 9.08. The fourth-order valence-corrected chi connectivity index (χ4v) is 4.23. The van der Waals surface area contributed by atoms with Gasteiger partial charge in [-0.05, 0) is 30.7 Å². The normalized spacial score (nSPS) is 19.2. The van der Waals surface area contributed by atoms with Crippen LogP contribution in [0.25, 0.3) is 0 Å². The van der Waals surface area contributed by atoms with Crippen molar-refractivity contribution in [2.24, 2.45) is 4.99 Å². The molecule has 1 unspecified atom stereocenters. The molecule has 2 aliphatic rings. The molecule has 1 atom stereocenters. The number of piperazine rings is 1. The number of methoxy groups -OCH3 is 1. The smallest absolute Gasteiger partial charge is 0.194 e. The lowest BCUT2D eigenvalue weighted by atomic mass is 10.2. The molecule has 0 amide bonds. The highest BCUT2D eigenvalue weighted by Gasteiger charge is 2.21. The van der Waals surface area contributed by atoms with Crippen molar-refractivity contribution in [2.75, 3.05) is 69.8 Å². The molecule has 0 saturated carbocycles. The largest absolute Gasteiger partial charge is 0.497 e. The summed E-state index contributed by atoms with van der Waals surface area (Å²) in [4.78, 5) is 16.2. The lowest BCUT2D eigenvalue weighted by Crippen LogP contribution is -2.52. The summed E-state index contributed by atoms with van der Waals surface area (Å²) in [5.41, 5.74) is 2.35. The molecule has 0 spiro atoms. The first-order chi connectivity index (χ1) is 15.7. The molecule has 2 fully saturated rings. The summed E-state index contributed by atoms with van der Waals surface area (Å²) in [5, 5.41) is 3.50. The minimum atomic E-state index is 0. The number of nitrogens with zero attached hydrogens (tertiary/aromatic N) is 5. The van der Waals surface area contributed by atoms with Crippen molar-refractivity contribution in [1.29, 1.82) is 0 Å². The Morgan fingerprint density at radius 1 is 1.15 bits per heavy atom. The Balaban J connectivity index is 0.00000306. The van der Waals surface area contributed by atoms with Gasteiger partial charge in [-0.15, -0.1) is 24.0 Å². The molecule has 1 aromatic heterocycles. The van der Waals surface area contributed by atoms with E-state index in [1.54, 1.807) is 7.11 Å². The number of pyridine rings is 1. The zero-order chi connectivity index (χ0) is 22.3. The average molecular weight is 566 g/mol. The van der Waals surface area contributed by atoms with E-state index in [0.29, 0.717) is 6.54 Å². The zero-order valence-electron chi connectivity index (χ0n) is 19.7. The van der Waals surface area contributed by atoms with E-state index in [1.165, 1.54) is 5.69 Å². The Labute approximate surface area is 214 Å². The minimum Gasteiger partial charge on any atom is -0.497 e. The van der Waals surface area contributed by atoms with Crippen LogP contribution in [-0.2, 0) is 11.3 Å². The van der Waals surface area contributed by atoms with Crippen molar-refractivity contribution in [3.8, 4) is 5.75 Å². The molecule has 4 rings (SSSR count). The molecule has 0 aliphatic carbocycles. The Bertz CT molecular complexity index is 902. The first-order valence-corrected chi connectivity index (χ1v) is 11.3. The van der Waals surface area contributed by atoms with Crippen LogP contribution < -0.4 is 19.9 Å². The van der Waals surface area contributed by atoms with E-state index in [4.69, 9.17) is 9.47 Å². The van der Waals surface area contributed by atoms with Gasteiger partial charge in [0.05, 0.1) is 19.8 Å². The fraction of sp³-hybridized carbons (Fsp3) is 0.500. The Kier molecular flexibility index (Phi) is 9.42. The van der Waals surface area contributed by atoms with Crippen LogP contribution in [0.5, 0.6) is 5.75 Å². The first kappa shape index (κ1) is 25.4. The van der Waals surface area contributed by atoms with Crippen LogP contribution in [0, 0.1) is 0 Å². The van der Waals surface area contributed by atoms with Crippen LogP contribution >= 0.6 is 24.0 Å². The highest BCUT2D eigenvalue weighted by atomic mass is 127. The Morgan fingerprint density at radius 2 is 1.97 bits per heavy atom. The molecule has 8 nitrogen and oxygen atoms in total. The number of hydrogen-bond donors (Lipinski definition) is 1. The third kappa shape index (κ3) is 6.63. The maximum atomic E-state index is 5.62. The lowest BCUT2D eigenvalue weighted by Gasteiger charge is -2.37. The van der Waals surface area contributed by atoms with Crippen molar-refractivity contribution < 1.29 is 9.47 Å². The fourth-order valence-electron chi connectivity index (χ4n) is 4.23. The molecule has 1 N–H and O–H groups in total. The molecule has 2 aromatic rings. The van der Waals surface area contributed by atoms with Gasteiger partial charge in [0.15, 0.2) is 5.96 Å². The topological polar surface area (TPSA) is 65.5 Å². The molecule has 180 valence electrons. The number of anilines is 2. The Hall–Kier alpha value is -2.27. The number of rotatable bonds is 5. The number of hydrogen-bond acceptors (Lipinski definition) is 6. The molecule has 2 aliphatic heterocycles. The van der Waals surface area contributed by atoms with Crippen LogP contribution in [0.1, 0.15) is 12.5 Å². The van der Waals surface area contributed by atoms with Gasteiger partial charge in [-0.3, -0.25) is 4.99 Å². The summed E-state index contributed by atoms with van der Waals surface area (Å²) in [7, 11) is 3.55. The van der Waals surface area contributed by atoms with Gasteiger partial charge in [0.25, 0.3) is 0 Å². The average Bonchev–Trinajstić information content (AvgIpc) is 2.85. The van der Waals surface area contributed by atoms with Crippen molar-refractivity contribution in [3.63, 3.8) is 0 Å². The van der Waals surface area contributed by atoms with Crippen LogP contribution in [0.4, 0.5) is 11.5 Å². The number of halogens is 1. The lowest BCUT2D eigenvalue weighted by molar-refractivity contribution is 0.0529. The number of aromatic nitrogens is 1. The van der Waals surface area contributed by atoms with Gasteiger partial charge < -0.3 is 29.5 Å². The predicted molar refractivity (Wildman–Crippen MR) is 144 cm³/mol. The molecular formula is C24H35IN6O2. The third-order valence-corrected chi connectivity index (χ3v) is 6.03. The molecular weight excluding hydrogens is 531 g/mol. The number of benzene rings is 1. The van der Waals surface area contributed by atoms with Gasteiger partial charge in [0.1, 0.15) is 11.6 Å². The van der Waals surface area contributed by atoms with E-state index >= 15 is 0 Å². The predicted octanol–water partition coefficient (Wildman–Crippen LogP) is 2.83. The highest BCUT2D eigenvalue weighted by Crippen LogP contribution is 2.22. The highest BCUT2D eigenvalue weighted by molar-refractivity contribution is 14.0. The summed E-state index contributed by atoms with van der Waals surface area (Å²) in [5.74, 6) is 2.84. The van der Waals surface area contributed by atoms with E-state index in [0.717, 1.165) is 69.0 Å². The van der Waals surface area contributed by atoms with Gasteiger partial charge in [-0.1, -0.05) is 12.1 Å². The number of morpholine rings is 1. The molecule has 3 heterocycles. The van der Waals surface area contributed by atoms with E-state index in [2.05, 4.69) is 61.2 Å². The van der Waals surface area contributed by atoms with Crippen LogP contribution in [0.3, 0.4) is 0 Å². The maximum Gasteiger partial charge on any atom is 0.194 e. The van der Waals surface area contributed by atoms with E-state index in [-0.39, 0.29) is 30.1 Å². The summed E-state index contributed by atoms with van der Waals surface area (Å²) < 4.78 is 11.0. The molecule has 1 aromatic carbocycles. The minimum absolute atomic E-state index is 0. The van der Waals surface area contributed by atoms with Gasteiger partial charge >= 0.3 is 0 Å². The zero-order valence-corrected chi connectivity index (χ0v) is 22.1. The SMILES string of the molecule is CN=C(NCc1ccc(N2CCOC(C)C2)nc1)N1CCN(c2cccc(OC)c2)CC1.I. The summed E-state index contributed by atoms with van der Waals surface area (Å²) in [6.07, 6.45) is 2.20. The second-order valence-electron chi connectivity index (χ2n) is 8.23. The van der Waals surface area contributed by atoms with Crippen molar-refractivity contribution in [3.05, 3.63) is 48.2 Å². The van der Waals surface area contributed by atoms with Crippen molar-refractivity contribution in [2.45, 2.75) is 19.6 Å². The quantitative estimate of drug-likeness (QED) is 0.340. The number of guanidine groups is 1. The van der Waals surface area contributed by atoms with Crippen molar-refractivity contribution >= 4 is 41.4 Å². The van der Waals surface area contributed by atoms with Crippen molar-refractivity contribution in [1.82, 2.24) is 15.2 Å². The van der Waals surface area contributed by atoms with E-state index < -0.39 is 0 Å². The third-order valence-electron chi connectivity index (χ3n) is 6.03. The number of ether oxygens (including phenoxy) is 2. The Morgan fingerprint density at radius 3 is 2.64 bits per heavy atom. The second kappa shape index (κ2) is 12.3. The van der Waals surface area contributed by atoms with Gasteiger partial charge in [0.2, 0.25) is 0 Å². The van der Waals surface area contributed by atoms with Gasteiger partial charge in [-0.25, -0.2) is 4.98 Å². The molecule has 2 saturated heterocycles. The van der Waals surface area contributed by atoms with E-state index in [1.807, 2.05) is 25.4 Å². The van der Waals surface area contributed by atoms with Gasteiger partial charge in [0, 0.05) is 70.8 Å². The standard InChI is InChI=1S/C24H34N6O2.HI/c1-19-18-30(13-14-32-19)23-8-7-20(16-26-23)17-27-24(25-2)29-11-9-28(10-12-29)21-5-4-6-22(15-21)31-3;/h4-8,15-16,19H,9-14,17-18H2,1-3H3,(H,25,27);1H. The second-order valence-corrected chi connectivity index (χ2v) is 8.23. The number of aliphatic imine (C=N–C) groups is 1. The van der Waals surface area contributed by atoms with Crippen LogP contribution in [0.2, 0.25) is 0 Å². The first-order valence-electron chi connectivity index (χ1n) is 11.3.